The molecule has 0 saturated heterocycles. The standard InChI is InChI=1S/C31H73FO9Si5/c1-33-45(34-2,35-3)29-22-18-14-12-16-20-26-42(7,8)40-44(11,28-24-25-39-31-32)41-43(9,10)27-21-17-13-15-19-23-30-46(36-4,37-5)38-6/h12-31H2,1-11H3. The number of hydrogen-bond acceptors (Lipinski definition) is 9. The van der Waals surface area contributed by atoms with Crippen molar-refractivity contribution in [3.63, 3.8) is 0 Å². The van der Waals surface area contributed by atoms with Crippen LogP contribution >= 0.6 is 0 Å². The number of hydrogen-bond donors (Lipinski definition) is 0. The van der Waals surface area contributed by atoms with Gasteiger partial charge >= 0.3 is 26.2 Å². The Morgan fingerprint density at radius 2 is 0.696 bits per heavy atom. The van der Waals surface area contributed by atoms with Gasteiger partial charge in [0.1, 0.15) is 0 Å². The quantitative estimate of drug-likeness (QED) is 0.0482. The molecule has 9 nitrogen and oxygen atoms in total. The molecule has 0 aromatic heterocycles. The number of unbranched alkanes of at least 4 members (excludes halogenated alkanes) is 10. The van der Waals surface area contributed by atoms with E-state index >= 15 is 0 Å². The van der Waals surface area contributed by atoms with Crippen molar-refractivity contribution in [2.45, 2.75) is 146 Å². The molecule has 0 amide bonds. The van der Waals surface area contributed by atoms with Gasteiger partial charge in [-0.25, -0.2) is 4.39 Å². The van der Waals surface area contributed by atoms with Crippen LogP contribution in [0.2, 0.25) is 63.0 Å². The third kappa shape index (κ3) is 21.0. The lowest BCUT2D eigenvalue weighted by Crippen LogP contribution is -2.54. The van der Waals surface area contributed by atoms with Crippen molar-refractivity contribution in [3.05, 3.63) is 0 Å². The molecule has 278 valence electrons. The Morgan fingerprint density at radius 1 is 0.391 bits per heavy atom. The minimum absolute atomic E-state index is 0.418. The highest BCUT2D eigenvalue weighted by molar-refractivity contribution is 6.88. The summed E-state index contributed by atoms with van der Waals surface area (Å²) in [5.74, 6) is 0. The number of alkyl halides is 1. The molecule has 0 radical (unpaired) electrons. The van der Waals surface area contributed by atoms with E-state index in [0.29, 0.717) is 6.61 Å². The van der Waals surface area contributed by atoms with Crippen LogP contribution in [0.3, 0.4) is 0 Å². The van der Waals surface area contributed by atoms with Crippen molar-refractivity contribution in [3.8, 4) is 0 Å². The normalized spacial score (nSPS) is 13.6. The summed E-state index contributed by atoms with van der Waals surface area (Å²) in [6.07, 6.45) is 15.0. The molecule has 46 heavy (non-hydrogen) atoms. The molecule has 15 heteroatoms. The largest absolute Gasteiger partial charge is 0.500 e. The first-order chi connectivity index (χ1) is 21.8. The Labute approximate surface area is 288 Å². The first kappa shape index (κ1) is 46.7. The Kier molecular flexibility index (Phi) is 25.9. The van der Waals surface area contributed by atoms with Crippen molar-refractivity contribution in [2.24, 2.45) is 0 Å². The Bertz CT molecular complexity index is 666. The smallest absolute Gasteiger partial charge is 0.436 e. The second kappa shape index (κ2) is 25.6. The molecule has 0 heterocycles. The van der Waals surface area contributed by atoms with Crippen molar-refractivity contribution in [1.29, 1.82) is 0 Å². The molecule has 0 unspecified atom stereocenters. The van der Waals surface area contributed by atoms with Gasteiger partial charge in [0.05, 0.1) is 0 Å². The lowest BCUT2D eigenvalue weighted by molar-refractivity contribution is 0.0576. The van der Waals surface area contributed by atoms with Gasteiger partial charge in [0, 0.05) is 61.4 Å². The van der Waals surface area contributed by atoms with Crippen molar-refractivity contribution < 1.29 is 43.9 Å². The van der Waals surface area contributed by atoms with Crippen LogP contribution in [0.25, 0.3) is 0 Å². The van der Waals surface area contributed by atoms with Gasteiger partial charge in [0.15, 0.2) is 23.5 Å². The fourth-order valence-electron chi connectivity index (χ4n) is 6.25. The van der Waals surface area contributed by atoms with Crippen molar-refractivity contribution >= 4 is 42.8 Å². The van der Waals surface area contributed by atoms with Gasteiger partial charge in [0.25, 0.3) is 0 Å². The predicted octanol–water partition coefficient (Wildman–Crippen LogP) is 9.27. The molecule has 0 aliphatic heterocycles. The average molecular weight is 749 g/mol. The van der Waals surface area contributed by atoms with E-state index in [1.54, 1.807) is 42.7 Å². The van der Waals surface area contributed by atoms with Crippen LogP contribution in [0.4, 0.5) is 4.39 Å². The van der Waals surface area contributed by atoms with Crippen LogP contribution in [0, 0.1) is 0 Å². The molecule has 0 rings (SSSR count). The molecule has 0 aliphatic rings. The molecular formula is C31H73FO9Si5. The highest BCUT2D eigenvalue weighted by atomic mass is 28.5. The molecule has 0 fully saturated rings. The summed E-state index contributed by atoms with van der Waals surface area (Å²) < 4.78 is 65.0. The zero-order valence-corrected chi connectivity index (χ0v) is 36.7. The van der Waals surface area contributed by atoms with Crippen LogP contribution < -0.4 is 0 Å². The summed E-state index contributed by atoms with van der Waals surface area (Å²) in [4.78, 5) is 0. The van der Waals surface area contributed by atoms with E-state index in [9.17, 15) is 4.39 Å². The second-order valence-electron chi connectivity index (χ2n) is 13.8. The Hall–Kier alpha value is 0.654. The highest BCUT2D eigenvalue weighted by Gasteiger charge is 2.42. The first-order valence-corrected chi connectivity index (χ1v) is 30.2. The maximum Gasteiger partial charge on any atom is 0.500 e. The van der Waals surface area contributed by atoms with E-state index in [0.717, 1.165) is 49.5 Å². The van der Waals surface area contributed by atoms with Gasteiger partial charge < -0.3 is 39.5 Å². The Morgan fingerprint density at radius 3 is 1.00 bits per heavy atom. The lowest BCUT2D eigenvalue weighted by atomic mass is 10.1. The second-order valence-corrected chi connectivity index (χ2v) is 32.4. The first-order valence-electron chi connectivity index (χ1n) is 17.6. The van der Waals surface area contributed by atoms with Crippen LogP contribution in [0.15, 0.2) is 0 Å². The fourth-order valence-corrected chi connectivity index (χ4v) is 24.4. The summed E-state index contributed by atoms with van der Waals surface area (Å²) in [5.41, 5.74) is 0. The van der Waals surface area contributed by atoms with Gasteiger partial charge in [-0.2, -0.15) is 0 Å². The van der Waals surface area contributed by atoms with Crippen LogP contribution in [0.1, 0.15) is 83.5 Å². The van der Waals surface area contributed by atoms with Crippen LogP contribution in [0.5, 0.6) is 0 Å². The summed E-state index contributed by atoms with van der Waals surface area (Å²) in [5, 5.41) is 0. The van der Waals surface area contributed by atoms with E-state index < -0.39 is 49.7 Å². The molecule has 0 aromatic carbocycles. The van der Waals surface area contributed by atoms with Gasteiger partial charge in [-0.3, -0.25) is 0 Å². The van der Waals surface area contributed by atoms with Crippen molar-refractivity contribution in [2.75, 3.05) is 56.1 Å². The average Bonchev–Trinajstić information content (AvgIpc) is 3.02. The van der Waals surface area contributed by atoms with Crippen LogP contribution in [-0.2, 0) is 39.5 Å². The van der Waals surface area contributed by atoms with E-state index in [1.165, 1.54) is 64.2 Å². The number of rotatable bonds is 33. The monoisotopic (exact) mass is 748 g/mol. The minimum Gasteiger partial charge on any atom is -0.436 e. The third-order valence-corrected chi connectivity index (χ3v) is 26.8. The number of halogens is 1. The van der Waals surface area contributed by atoms with Gasteiger partial charge in [-0.1, -0.05) is 64.2 Å². The molecule has 0 atom stereocenters. The summed E-state index contributed by atoms with van der Waals surface area (Å²) in [6.45, 7) is 11.3. The Balaban J connectivity index is 4.69. The maximum absolute atomic E-state index is 12.6. The summed E-state index contributed by atoms with van der Waals surface area (Å²) >= 11 is 0. The molecule has 0 aromatic rings. The SMILES string of the molecule is CO[Si](CCCCCCCC[Si](C)(C)O[Si](C)(CCCOCF)O[Si](C)(C)CCCCCCCC[Si](OC)(OC)OC)(OC)OC. The van der Waals surface area contributed by atoms with Gasteiger partial charge in [0.2, 0.25) is 0 Å². The predicted molar refractivity (Wildman–Crippen MR) is 198 cm³/mol. The third-order valence-electron chi connectivity index (χ3n) is 8.87. The fraction of sp³-hybridized carbons (Fsp3) is 1.00. The lowest BCUT2D eigenvalue weighted by Gasteiger charge is -2.41. The molecule has 0 spiro atoms. The minimum atomic E-state index is -2.45. The zero-order valence-electron chi connectivity index (χ0n) is 31.7. The highest BCUT2D eigenvalue weighted by Crippen LogP contribution is 2.31. The molecule has 0 bridgehead atoms. The van der Waals surface area contributed by atoms with E-state index in [1.807, 2.05) is 0 Å². The topological polar surface area (TPSA) is 83.1 Å². The van der Waals surface area contributed by atoms with E-state index in [-0.39, 0.29) is 0 Å². The molecular weight excluding hydrogens is 676 g/mol. The van der Waals surface area contributed by atoms with Gasteiger partial charge in [-0.05, 0) is 70.1 Å². The summed E-state index contributed by atoms with van der Waals surface area (Å²) in [6, 6.07) is 4.86. The number of ether oxygens (including phenoxy) is 1. The van der Waals surface area contributed by atoms with E-state index in [4.69, 9.17) is 39.5 Å². The van der Waals surface area contributed by atoms with Crippen LogP contribution in [-0.4, -0.2) is 98.9 Å². The zero-order chi connectivity index (χ0) is 35.0. The summed E-state index contributed by atoms with van der Waals surface area (Å²) in [7, 11) is -1.12. The van der Waals surface area contributed by atoms with E-state index in [2.05, 4.69) is 32.7 Å². The van der Waals surface area contributed by atoms with Crippen molar-refractivity contribution in [1.82, 2.24) is 0 Å². The molecule has 0 N–H and O–H groups in total. The molecule has 0 saturated carbocycles. The maximum atomic E-state index is 12.6. The van der Waals surface area contributed by atoms with Gasteiger partial charge in [-0.15, -0.1) is 0 Å². The molecule has 0 aliphatic carbocycles.